The minimum absolute atomic E-state index is 0.261. The molecule has 0 radical (unpaired) electrons. The Morgan fingerprint density at radius 3 is 2.37 bits per heavy atom. The summed E-state index contributed by atoms with van der Waals surface area (Å²) in [7, 11) is 0. The lowest BCUT2D eigenvalue weighted by Gasteiger charge is -2.30. The molecule has 0 N–H and O–H groups in total. The van der Waals surface area contributed by atoms with Crippen LogP contribution in [0.2, 0.25) is 0 Å². The largest absolute Gasteiger partial charge is 0.417 e. The van der Waals surface area contributed by atoms with Crippen molar-refractivity contribution < 1.29 is 18.0 Å². The van der Waals surface area contributed by atoms with Gasteiger partial charge in [-0.3, -0.25) is 4.79 Å². The van der Waals surface area contributed by atoms with Gasteiger partial charge in [0.05, 0.1) is 11.1 Å². The highest BCUT2D eigenvalue weighted by Crippen LogP contribution is 2.32. The van der Waals surface area contributed by atoms with Crippen molar-refractivity contribution in [2.24, 2.45) is 0 Å². The number of halogens is 4. The topological polar surface area (TPSA) is 20.3 Å². The molecule has 2 rings (SSSR count). The Labute approximate surface area is 117 Å². The second-order valence-electron chi connectivity index (χ2n) is 4.51. The van der Waals surface area contributed by atoms with Crippen LogP contribution in [-0.4, -0.2) is 28.7 Å². The highest BCUT2D eigenvalue weighted by Gasteiger charge is 2.36. The van der Waals surface area contributed by atoms with Crippen molar-refractivity contribution in [2.75, 3.05) is 13.1 Å². The molecule has 0 aliphatic carbocycles. The second kappa shape index (κ2) is 5.53. The summed E-state index contributed by atoms with van der Waals surface area (Å²) < 4.78 is 38.6. The monoisotopic (exact) mass is 335 g/mol. The predicted octanol–water partition coefficient (Wildman–Crippen LogP) is 3.70. The maximum atomic E-state index is 12.9. The molecule has 0 saturated carbocycles. The van der Waals surface area contributed by atoms with Gasteiger partial charge in [-0.1, -0.05) is 28.1 Å². The Hall–Kier alpha value is -1.04. The fourth-order valence-electron chi connectivity index (χ4n) is 2.14. The quantitative estimate of drug-likeness (QED) is 0.716. The van der Waals surface area contributed by atoms with Gasteiger partial charge in [0.15, 0.2) is 0 Å². The summed E-state index contributed by atoms with van der Waals surface area (Å²) in [6.45, 7) is 0.974. The maximum Gasteiger partial charge on any atom is 0.417 e. The van der Waals surface area contributed by atoms with Crippen LogP contribution < -0.4 is 0 Å². The Morgan fingerprint density at radius 1 is 1.21 bits per heavy atom. The van der Waals surface area contributed by atoms with E-state index in [1.54, 1.807) is 0 Å². The van der Waals surface area contributed by atoms with E-state index in [1.807, 2.05) is 0 Å². The number of alkyl halides is 4. The fourth-order valence-corrected chi connectivity index (χ4v) is 2.55. The SMILES string of the molecule is O=C(c1ccccc1C(F)(F)F)N1CCC(Br)CC1. The first-order chi connectivity index (χ1) is 8.89. The van der Waals surface area contributed by atoms with E-state index >= 15 is 0 Å². The number of benzene rings is 1. The highest BCUT2D eigenvalue weighted by molar-refractivity contribution is 9.09. The van der Waals surface area contributed by atoms with Crippen molar-refractivity contribution in [1.29, 1.82) is 0 Å². The Morgan fingerprint density at radius 2 is 1.79 bits per heavy atom. The van der Waals surface area contributed by atoms with Crippen LogP contribution in [0.4, 0.5) is 13.2 Å². The summed E-state index contributed by atoms with van der Waals surface area (Å²) >= 11 is 3.45. The number of rotatable bonds is 1. The Bertz CT molecular complexity index is 467. The Kier molecular flexibility index (Phi) is 4.18. The molecule has 1 aromatic carbocycles. The summed E-state index contributed by atoms with van der Waals surface area (Å²) in [6, 6.07) is 4.94. The molecule has 0 bridgehead atoms. The van der Waals surface area contributed by atoms with Crippen LogP contribution in [0.25, 0.3) is 0 Å². The molecule has 2 nitrogen and oxygen atoms in total. The zero-order valence-corrected chi connectivity index (χ0v) is 11.7. The van der Waals surface area contributed by atoms with Crippen LogP contribution in [0, 0.1) is 0 Å². The van der Waals surface area contributed by atoms with E-state index in [1.165, 1.54) is 23.1 Å². The summed E-state index contributed by atoms with van der Waals surface area (Å²) in [4.78, 5) is 14.0. The van der Waals surface area contributed by atoms with Crippen LogP contribution >= 0.6 is 15.9 Å². The first kappa shape index (κ1) is 14.4. The van der Waals surface area contributed by atoms with Crippen molar-refractivity contribution >= 4 is 21.8 Å². The second-order valence-corrected chi connectivity index (χ2v) is 5.81. The average molecular weight is 336 g/mol. The lowest BCUT2D eigenvalue weighted by Crippen LogP contribution is -2.39. The third-order valence-electron chi connectivity index (χ3n) is 3.17. The van der Waals surface area contributed by atoms with Crippen LogP contribution in [0.3, 0.4) is 0 Å². The third kappa shape index (κ3) is 3.29. The fraction of sp³-hybridized carbons (Fsp3) is 0.462. The van der Waals surface area contributed by atoms with Gasteiger partial charge >= 0.3 is 6.18 Å². The average Bonchev–Trinajstić information content (AvgIpc) is 2.38. The van der Waals surface area contributed by atoms with E-state index in [-0.39, 0.29) is 5.56 Å². The molecule has 104 valence electrons. The van der Waals surface area contributed by atoms with E-state index in [4.69, 9.17) is 0 Å². The van der Waals surface area contributed by atoms with Crippen molar-refractivity contribution in [2.45, 2.75) is 23.8 Å². The van der Waals surface area contributed by atoms with Crippen molar-refractivity contribution in [3.05, 3.63) is 35.4 Å². The van der Waals surface area contributed by atoms with Gasteiger partial charge < -0.3 is 4.90 Å². The molecule has 1 amide bonds. The first-order valence-electron chi connectivity index (χ1n) is 5.99. The molecule has 1 fully saturated rings. The van der Waals surface area contributed by atoms with Crippen molar-refractivity contribution in [3.8, 4) is 0 Å². The van der Waals surface area contributed by atoms with Gasteiger partial charge in [0, 0.05) is 17.9 Å². The van der Waals surface area contributed by atoms with Gasteiger partial charge in [-0.15, -0.1) is 0 Å². The number of hydrogen-bond acceptors (Lipinski definition) is 1. The van der Waals surface area contributed by atoms with Gasteiger partial charge in [-0.25, -0.2) is 0 Å². The summed E-state index contributed by atoms with van der Waals surface area (Å²) in [5.41, 5.74) is -1.12. The number of nitrogens with zero attached hydrogens (tertiary/aromatic N) is 1. The number of carbonyl (C=O) groups is 1. The molecular weight excluding hydrogens is 323 g/mol. The normalized spacial score (nSPS) is 17.6. The van der Waals surface area contributed by atoms with E-state index in [0.717, 1.165) is 18.9 Å². The molecule has 19 heavy (non-hydrogen) atoms. The van der Waals surface area contributed by atoms with E-state index in [9.17, 15) is 18.0 Å². The number of carbonyl (C=O) groups excluding carboxylic acids is 1. The molecule has 1 saturated heterocycles. The van der Waals surface area contributed by atoms with Crippen LogP contribution in [0.5, 0.6) is 0 Å². The number of piperidine rings is 1. The molecule has 0 spiro atoms. The van der Waals surface area contributed by atoms with E-state index < -0.39 is 17.6 Å². The molecule has 1 aliphatic rings. The smallest absolute Gasteiger partial charge is 0.339 e. The van der Waals surface area contributed by atoms with Gasteiger partial charge in [0.25, 0.3) is 5.91 Å². The van der Waals surface area contributed by atoms with Gasteiger partial charge in [0.2, 0.25) is 0 Å². The molecule has 0 atom stereocenters. The Balaban J connectivity index is 2.24. The third-order valence-corrected chi connectivity index (χ3v) is 4.09. The summed E-state index contributed by atoms with van der Waals surface area (Å²) in [5, 5.41) is 0. The molecule has 0 aromatic heterocycles. The lowest BCUT2D eigenvalue weighted by atomic mass is 10.0. The standard InChI is InChI=1S/C13H13BrF3NO/c14-9-5-7-18(8-6-9)12(19)10-3-1-2-4-11(10)13(15,16)17/h1-4,9H,5-8H2. The first-order valence-corrected chi connectivity index (χ1v) is 6.90. The lowest BCUT2D eigenvalue weighted by molar-refractivity contribution is -0.138. The van der Waals surface area contributed by atoms with E-state index in [2.05, 4.69) is 15.9 Å². The molecule has 0 unspecified atom stereocenters. The number of hydrogen-bond donors (Lipinski definition) is 0. The van der Waals surface area contributed by atoms with Crippen molar-refractivity contribution in [3.63, 3.8) is 0 Å². The van der Waals surface area contributed by atoms with Crippen LogP contribution in [-0.2, 0) is 6.18 Å². The minimum atomic E-state index is -4.50. The summed E-state index contributed by atoms with van der Waals surface area (Å²) in [5.74, 6) is -0.535. The van der Waals surface area contributed by atoms with Crippen LogP contribution in [0.1, 0.15) is 28.8 Å². The molecule has 1 heterocycles. The van der Waals surface area contributed by atoms with Gasteiger partial charge in [0.1, 0.15) is 0 Å². The molecule has 1 aromatic rings. The number of likely N-dealkylation sites (tertiary alicyclic amines) is 1. The van der Waals surface area contributed by atoms with Gasteiger partial charge in [-0.2, -0.15) is 13.2 Å². The molecular formula is C13H13BrF3NO. The highest BCUT2D eigenvalue weighted by atomic mass is 79.9. The molecule has 1 aliphatic heterocycles. The maximum absolute atomic E-state index is 12.9. The zero-order valence-electron chi connectivity index (χ0n) is 10.1. The van der Waals surface area contributed by atoms with Gasteiger partial charge in [-0.05, 0) is 25.0 Å². The van der Waals surface area contributed by atoms with Crippen LogP contribution in [0.15, 0.2) is 24.3 Å². The molecule has 6 heteroatoms. The summed E-state index contributed by atoms with van der Waals surface area (Å²) in [6.07, 6.45) is -2.97. The number of amides is 1. The zero-order chi connectivity index (χ0) is 14.0. The minimum Gasteiger partial charge on any atom is -0.339 e. The van der Waals surface area contributed by atoms with Crippen molar-refractivity contribution in [1.82, 2.24) is 4.90 Å². The predicted molar refractivity (Wildman–Crippen MR) is 69.3 cm³/mol. The van der Waals surface area contributed by atoms with E-state index in [0.29, 0.717) is 17.9 Å².